The van der Waals surface area contributed by atoms with Crippen LogP contribution in [0.3, 0.4) is 0 Å². The first kappa shape index (κ1) is 23.8. The quantitative estimate of drug-likeness (QED) is 0.520. The topological polar surface area (TPSA) is 60.7 Å². The average molecular weight is 417 g/mol. The predicted molar refractivity (Wildman–Crippen MR) is 124 cm³/mol. The highest BCUT2D eigenvalue weighted by Crippen LogP contribution is 2.60. The van der Waals surface area contributed by atoms with Gasteiger partial charge < -0.3 is 15.3 Å². The zero-order valence-electron chi connectivity index (χ0n) is 19.7. The fraction of sp³-hybridized carbons (Fsp3) is 0.778. The van der Waals surface area contributed by atoms with Gasteiger partial charge in [-0.25, -0.2) is 0 Å². The summed E-state index contributed by atoms with van der Waals surface area (Å²) in [6, 6.07) is 0. The highest BCUT2D eigenvalue weighted by Gasteiger charge is 2.50. The fourth-order valence-electron chi connectivity index (χ4n) is 6.74. The summed E-state index contributed by atoms with van der Waals surface area (Å²) in [5.41, 5.74) is 3.17. The summed E-state index contributed by atoms with van der Waals surface area (Å²) in [5, 5.41) is 30.2. The Labute approximate surface area is 184 Å². The molecule has 0 radical (unpaired) electrons. The van der Waals surface area contributed by atoms with Gasteiger partial charge in [0.1, 0.15) is 0 Å². The first-order valence-electron chi connectivity index (χ1n) is 12.2. The molecule has 3 aliphatic rings. The average Bonchev–Trinajstić information content (AvgIpc) is 3.00. The third-order valence-corrected chi connectivity index (χ3v) is 8.44. The van der Waals surface area contributed by atoms with Crippen LogP contribution in [0.25, 0.3) is 0 Å². The van der Waals surface area contributed by atoms with Gasteiger partial charge in [0.05, 0.1) is 17.8 Å². The van der Waals surface area contributed by atoms with Gasteiger partial charge in [-0.05, 0) is 93.1 Å². The normalized spacial score (nSPS) is 38.8. The van der Waals surface area contributed by atoms with Crippen LogP contribution in [0.1, 0.15) is 91.9 Å². The molecule has 3 nitrogen and oxygen atoms in total. The number of rotatable bonds is 6. The number of fused-ring (bicyclic) bond motifs is 1. The van der Waals surface area contributed by atoms with Crippen LogP contribution in [0.5, 0.6) is 0 Å². The zero-order valence-corrected chi connectivity index (χ0v) is 19.7. The van der Waals surface area contributed by atoms with E-state index in [0.29, 0.717) is 30.1 Å². The fourth-order valence-corrected chi connectivity index (χ4v) is 6.74. The van der Waals surface area contributed by atoms with E-state index in [1.807, 2.05) is 13.8 Å². The van der Waals surface area contributed by atoms with Crippen molar-refractivity contribution in [3.63, 3.8) is 0 Å². The lowest BCUT2D eigenvalue weighted by Crippen LogP contribution is -2.36. The molecule has 3 aliphatic carbocycles. The molecule has 0 bridgehead atoms. The molecule has 0 saturated heterocycles. The van der Waals surface area contributed by atoms with Gasteiger partial charge in [0.2, 0.25) is 0 Å². The Kier molecular flexibility index (Phi) is 7.37. The molecule has 3 fully saturated rings. The Bertz CT molecular complexity index is 683. The van der Waals surface area contributed by atoms with E-state index in [9.17, 15) is 15.3 Å². The Morgan fingerprint density at radius 3 is 2.67 bits per heavy atom. The summed E-state index contributed by atoms with van der Waals surface area (Å²) in [6.07, 6.45) is 13.9. The van der Waals surface area contributed by atoms with Crippen molar-refractivity contribution in [1.82, 2.24) is 0 Å². The molecule has 30 heavy (non-hydrogen) atoms. The summed E-state index contributed by atoms with van der Waals surface area (Å²) in [4.78, 5) is 0. The molecule has 6 atom stereocenters. The second-order valence-electron chi connectivity index (χ2n) is 11.3. The van der Waals surface area contributed by atoms with Crippen molar-refractivity contribution in [2.24, 2.45) is 23.2 Å². The Balaban J connectivity index is 1.70. The van der Waals surface area contributed by atoms with Gasteiger partial charge in [-0.1, -0.05) is 51.0 Å². The molecule has 2 unspecified atom stereocenters. The summed E-state index contributed by atoms with van der Waals surface area (Å²) in [6.45, 7) is 12.8. The van der Waals surface area contributed by atoms with Crippen LogP contribution in [0, 0.1) is 23.2 Å². The number of aliphatic hydroxyl groups is 3. The third-order valence-electron chi connectivity index (χ3n) is 8.44. The minimum atomic E-state index is -0.615. The van der Waals surface area contributed by atoms with Crippen LogP contribution in [-0.2, 0) is 0 Å². The summed E-state index contributed by atoms with van der Waals surface area (Å²) in [7, 11) is 0. The van der Waals surface area contributed by atoms with Crippen molar-refractivity contribution in [2.45, 2.75) is 110 Å². The minimum Gasteiger partial charge on any atom is -0.393 e. The number of hydrogen-bond donors (Lipinski definition) is 3. The molecule has 0 spiro atoms. The maximum absolute atomic E-state index is 10.1. The molecule has 3 N–H and O–H groups in total. The van der Waals surface area contributed by atoms with Crippen LogP contribution in [-0.4, -0.2) is 33.1 Å². The van der Waals surface area contributed by atoms with Crippen LogP contribution in [0.4, 0.5) is 0 Å². The Morgan fingerprint density at radius 2 is 1.97 bits per heavy atom. The van der Waals surface area contributed by atoms with Gasteiger partial charge >= 0.3 is 0 Å². The van der Waals surface area contributed by atoms with Crippen molar-refractivity contribution in [3.05, 3.63) is 35.5 Å². The maximum Gasteiger partial charge on any atom is 0.0811 e. The second-order valence-corrected chi connectivity index (χ2v) is 11.3. The van der Waals surface area contributed by atoms with E-state index >= 15 is 0 Å². The molecule has 3 heteroatoms. The lowest BCUT2D eigenvalue weighted by molar-refractivity contribution is 0.0596. The molecule has 3 saturated carbocycles. The van der Waals surface area contributed by atoms with E-state index in [1.54, 1.807) is 5.57 Å². The maximum atomic E-state index is 10.1. The molecule has 0 aromatic heterocycles. The standard InChI is InChI=1S/C27H44O3/c1-18(8-6-14-26(3,4)30)23-12-13-24-20(9-7-15-27(23,24)5)10-11-21-16-22(28)17-25(29)19(21)2/h10-11,18,22-25,28-30H,2,6-9,12-17H2,1,3-5H3/b20-10+,21-11-/t18-,22?,23-,24+,25?,27-/m1/s1. The summed E-state index contributed by atoms with van der Waals surface area (Å²) in [5.74, 6) is 2.11. The van der Waals surface area contributed by atoms with Gasteiger partial charge in [0.15, 0.2) is 0 Å². The number of aliphatic hydroxyl groups excluding tert-OH is 2. The smallest absolute Gasteiger partial charge is 0.0811 e. The summed E-state index contributed by atoms with van der Waals surface area (Å²) >= 11 is 0. The van der Waals surface area contributed by atoms with Gasteiger partial charge in [-0.2, -0.15) is 0 Å². The Hall–Kier alpha value is -0.900. The van der Waals surface area contributed by atoms with E-state index in [4.69, 9.17) is 0 Å². The van der Waals surface area contributed by atoms with Crippen molar-refractivity contribution in [3.8, 4) is 0 Å². The Morgan fingerprint density at radius 1 is 1.23 bits per heavy atom. The van der Waals surface area contributed by atoms with Crippen LogP contribution in [0.2, 0.25) is 0 Å². The molecular weight excluding hydrogens is 372 g/mol. The van der Waals surface area contributed by atoms with Crippen LogP contribution < -0.4 is 0 Å². The molecule has 0 amide bonds. The van der Waals surface area contributed by atoms with Crippen molar-refractivity contribution < 1.29 is 15.3 Å². The number of hydrogen-bond acceptors (Lipinski definition) is 3. The zero-order chi connectivity index (χ0) is 22.1. The van der Waals surface area contributed by atoms with Crippen molar-refractivity contribution in [1.29, 1.82) is 0 Å². The van der Waals surface area contributed by atoms with Crippen LogP contribution in [0.15, 0.2) is 35.5 Å². The molecule has 0 heterocycles. The van der Waals surface area contributed by atoms with Gasteiger partial charge in [-0.3, -0.25) is 0 Å². The largest absolute Gasteiger partial charge is 0.393 e. The van der Waals surface area contributed by atoms with E-state index in [-0.39, 0.29) is 0 Å². The number of allylic oxidation sites excluding steroid dienone is 3. The monoisotopic (exact) mass is 416 g/mol. The highest BCUT2D eigenvalue weighted by molar-refractivity contribution is 5.38. The SMILES string of the molecule is C=C1/C(=C\C=C2/CCC[C@]3(C)[C@@H]([C@H](C)CCCC(C)(C)O)CC[C@@H]23)CC(O)CC1O. The van der Waals surface area contributed by atoms with Crippen molar-refractivity contribution >= 4 is 0 Å². The minimum absolute atomic E-state index is 0.374. The molecule has 170 valence electrons. The van der Waals surface area contributed by atoms with E-state index < -0.39 is 17.8 Å². The molecular formula is C27H44O3. The molecule has 0 aromatic carbocycles. The van der Waals surface area contributed by atoms with Crippen LogP contribution >= 0.6 is 0 Å². The lowest BCUT2D eigenvalue weighted by atomic mass is 9.60. The van der Waals surface area contributed by atoms with E-state index in [0.717, 1.165) is 29.9 Å². The third kappa shape index (κ3) is 5.29. The second kappa shape index (κ2) is 9.30. The van der Waals surface area contributed by atoms with Crippen molar-refractivity contribution in [2.75, 3.05) is 0 Å². The lowest BCUT2D eigenvalue weighted by Gasteiger charge is -2.44. The van der Waals surface area contributed by atoms with Gasteiger partial charge in [0, 0.05) is 6.42 Å². The first-order chi connectivity index (χ1) is 14.0. The molecule has 0 aliphatic heterocycles. The summed E-state index contributed by atoms with van der Waals surface area (Å²) < 4.78 is 0. The molecule has 3 rings (SSSR count). The highest BCUT2D eigenvalue weighted by atomic mass is 16.3. The van der Waals surface area contributed by atoms with Gasteiger partial charge in [0.25, 0.3) is 0 Å². The first-order valence-corrected chi connectivity index (χ1v) is 12.2. The van der Waals surface area contributed by atoms with Gasteiger partial charge in [-0.15, -0.1) is 0 Å². The predicted octanol–water partition coefficient (Wildman–Crippen LogP) is 5.70. The van der Waals surface area contributed by atoms with E-state index in [2.05, 4.69) is 32.6 Å². The molecule has 0 aromatic rings. The van der Waals surface area contributed by atoms with E-state index in [1.165, 1.54) is 38.5 Å².